The van der Waals surface area contributed by atoms with Crippen molar-refractivity contribution in [3.8, 4) is 0 Å². The van der Waals surface area contributed by atoms with Crippen molar-refractivity contribution >= 4 is 46.7 Å². The number of rotatable bonds is 5. The Morgan fingerprint density at radius 3 is 2.73 bits per heavy atom. The number of Topliss-reactive ketones (excluding diaryl/α,β-unsaturated/α-hetero) is 1. The second-order valence-electron chi connectivity index (χ2n) is 6.73. The number of pyridine rings is 1. The number of aromatic nitrogens is 1. The van der Waals surface area contributed by atoms with Crippen LogP contribution in [-0.2, 0) is 6.54 Å². The van der Waals surface area contributed by atoms with Crippen LogP contribution in [0.1, 0.15) is 20.7 Å². The number of nitrogens with zero attached hydrogens (tertiary/aromatic N) is 1. The molecule has 2 N–H and O–H groups in total. The lowest BCUT2D eigenvalue weighted by Gasteiger charge is -2.13. The summed E-state index contributed by atoms with van der Waals surface area (Å²) in [6.07, 6.45) is 11.6. The number of nitrogens with one attached hydrogen (secondary N) is 2. The van der Waals surface area contributed by atoms with Gasteiger partial charge in [-0.25, -0.2) is 0 Å². The zero-order chi connectivity index (χ0) is 20.4. The smallest absolute Gasteiger partial charge is 0.259 e. The SMILES string of the molecule is O=C(NC1NC2C=CC=CC2S1)c1ccc[n+](CC(=O)c2ccc(Cl)cc2Cl)c1.[Br-]. The predicted octanol–water partition coefficient (Wildman–Crippen LogP) is 0.381. The van der Waals surface area contributed by atoms with Gasteiger partial charge in [0.1, 0.15) is 11.1 Å². The standard InChI is InChI=1S/C21H17Cl2N3O2S.BrH/c22-14-7-8-15(16(23)10-14)18(27)12-26-9-3-4-13(11-26)20(28)25-21-24-17-5-1-2-6-19(17)29-21;/h1-11,17,19,21,24H,12H2;1H. The minimum atomic E-state index is -0.201. The van der Waals surface area contributed by atoms with E-state index >= 15 is 0 Å². The zero-order valence-electron chi connectivity index (χ0n) is 15.6. The van der Waals surface area contributed by atoms with E-state index in [1.807, 2.05) is 12.2 Å². The molecule has 30 heavy (non-hydrogen) atoms. The number of ketones is 1. The predicted molar refractivity (Wildman–Crippen MR) is 115 cm³/mol. The molecule has 3 atom stereocenters. The lowest BCUT2D eigenvalue weighted by Crippen LogP contribution is -3.00. The number of benzene rings is 1. The van der Waals surface area contributed by atoms with E-state index in [9.17, 15) is 9.59 Å². The van der Waals surface area contributed by atoms with Crippen LogP contribution in [0.5, 0.6) is 0 Å². The Morgan fingerprint density at radius 2 is 1.97 bits per heavy atom. The first kappa shape index (κ1) is 23.0. The number of hydrogen-bond acceptors (Lipinski definition) is 4. The molecule has 9 heteroatoms. The molecule has 1 aliphatic carbocycles. The Hall–Kier alpha value is -1.64. The summed E-state index contributed by atoms with van der Waals surface area (Å²) in [4.78, 5) is 25.2. The number of carbonyl (C=O) groups excluding carboxylic acids is 2. The molecular formula is C21H18BrCl2N3O2S. The topological polar surface area (TPSA) is 62.1 Å². The van der Waals surface area contributed by atoms with Crippen LogP contribution in [0.15, 0.2) is 67.0 Å². The molecule has 2 aliphatic rings. The first-order chi connectivity index (χ1) is 14.0. The summed E-state index contributed by atoms with van der Waals surface area (Å²) < 4.78 is 1.67. The number of halogens is 3. The number of hydrogen-bond donors (Lipinski definition) is 2. The quantitative estimate of drug-likeness (QED) is 0.437. The van der Waals surface area contributed by atoms with Crippen LogP contribution in [0.2, 0.25) is 10.0 Å². The van der Waals surface area contributed by atoms with Gasteiger partial charge in [0.05, 0.1) is 5.02 Å². The molecule has 156 valence electrons. The molecule has 0 spiro atoms. The second kappa shape index (κ2) is 10.1. The van der Waals surface area contributed by atoms with Gasteiger partial charge in [0.15, 0.2) is 12.4 Å². The van der Waals surface area contributed by atoms with Crippen molar-refractivity contribution in [1.29, 1.82) is 0 Å². The van der Waals surface area contributed by atoms with Crippen LogP contribution < -0.4 is 32.2 Å². The number of carbonyl (C=O) groups is 2. The highest BCUT2D eigenvalue weighted by Gasteiger charge is 2.33. The van der Waals surface area contributed by atoms with Gasteiger partial charge in [0, 0.05) is 27.9 Å². The Balaban J connectivity index is 0.00000256. The molecule has 3 unspecified atom stereocenters. The van der Waals surface area contributed by atoms with E-state index in [2.05, 4.69) is 22.8 Å². The number of thioether (sulfide) groups is 1. The van der Waals surface area contributed by atoms with Gasteiger partial charge >= 0.3 is 0 Å². The average molecular weight is 527 g/mol. The molecule has 2 heterocycles. The van der Waals surface area contributed by atoms with Gasteiger partial charge in [0.25, 0.3) is 5.91 Å². The monoisotopic (exact) mass is 525 g/mol. The first-order valence-corrected chi connectivity index (χ1v) is 10.7. The Labute approximate surface area is 199 Å². The third-order valence-corrected chi connectivity index (χ3v) is 6.50. The molecule has 0 saturated carbocycles. The molecule has 5 nitrogen and oxygen atoms in total. The summed E-state index contributed by atoms with van der Waals surface area (Å²) in [5.41, 5.74) is 0.701. The summed E-state index contributed by atoms with van der Waals surface area (Å²) in [6, 6.07) is 8.46. The van der Waals surface area contributed by atoms with E-state index in [-0.39, 0.29) is 46.8 Å². The zero-order valence-corrected chi connectivity index (χ0v) is 19.5. The fourth-order valence-electron chi connectivity index (χ4n) is 3.24. The van der Waals surface area contributed by atoms with E-state index in [0.717, 1.165) is 0 Å². The van der Waals surface area contributed by atoms with Crippen molar-refractivity contribution in [2.45, 2.75) is 23.3 Å². The van der Waals surface area contributed by atoms with E-state index in [0.29, 0.717) is 26.4 Å². The number of allylic oxidation sites excluding steroid dienone is 2. The summed E-state index contributed by atoms with van der Waals surface area (Å²) in [6.45, 7) is 0.0681. The molecule has 0 bridgehead atoms. The highest BCUT2D eigenvalue weighted by Crippen LogP contribution is 2.29. The highest BCUT2D eigenvalue weighted by atomic mass is 79.9. The van der Waals surface area contributed by atoms with Crippen LogP contribution in [0.25, 0.3) is 0 Å². The van der Waals surface area contributed by atoms with Crippen molar-refractivity contribution in [3.63, 3.8) is 0 Å². The number of fused-ring (bicyclic) bond motifs is 1. The van der Waals surface area contributed by atoms with Crippen molar-refractivity contribution in [3.05, 3.63) is 88.2 Å². The molecule has 1 aliphatic heterocycles. The van der Waals surface area contributed by atoms with Crippen molar-refractivity contribution in [1.82, 2.24) is 10.6 Å². The van der Waals surface area contributed by atoms with Gasteiger partial charge in [0.2, 0.25) is 12.3 Å². The largest absolute Gasteiger partial charge is 1.00 e. The van der Waals surface area contributed by atoms with E-state index in [1.165, 1.54) is 0 Å². The van der Waals surface area contributed by atoms with E-state index < -0.39 is 0 Å². The highest BCUT2D eigenvalue weighted by molar-refractivity contribution is 8.00. The van der Waals surface area contributed by atoms with Gasteiger partial charge in [-0.15, -0.1) is 11.8 Å². The van der Waals surface area contributed by atoms with Crippen molar-refractivity contribution < 1.29 is 31.1 Å². The molecule has 1 fully saturated rings. The summed E-state index contributed by atoms with van der Waals surface area (Å²) in [5.74, 6) is -0.363. The Kier molecular flexibility index (Phi) is 7.76. The molecule has 1 aromatic carbocycles. The maximum Gasteiger partial charge on any atom is 0.259 e. The van der Waals surface area contributed by atoms with E-state index in [1.54, 1.807) is 59.1 Å². The molecule has 1 aromatic heterocycles. The fraction of sp³-hybridized carbons (Fsp3) is 0.190. The average Bonchev–Trinajstić information content (AvgIpc) is 3.10. The van der Waals surface area contributed by atoms with Gasteiger partial charge in [-0.3, -0.25) is 14.9 Å². The normalized spacial score (nSPS) is 21.6. The molecule has 4 rings (SSSR count). The third-order valence-electron chi connectivity index (χ3n) is 4.66. The first-order valence-electron chi connectivity index (χ1n) is 9.04. The summed E-state index contributed by atoms with van der Waals surface area (Å²) in [7, 11) is 0. The Bertz CT molecular complexity index is 1010. The molecule has 1 amide bonds. The lowest BCUT2D eigenvalue weighted by atomic mass is 10.1. The Morgan fingerprint density at radius 1 is 1.17 bits per heavy atom. The molecule has 0 radical (unpaired) electrons. The number of amides is 1. The van der Waals surface area contributed by atoms with E-state index in [4.69, 9.17) is 23.2 Å². The van der Waals surface area contributed by atoms with Gasteiger partial charge in [-0.05, 0) is 24.3 Å². The maximum atomic E-state index is 12.7. The van der Waals surface area contributed by atoms with Crippen LogP contribution in [-0.4, -0.2) is 28.5 Å². The third kappa shape index (κ3) is 5.34. The van der Waals surface area contributed by atoms with Gasteiger partial charge in [-0.2, -0.15) is 4.57 Å². The minimum Gasteiger partial charge on any atom is -1.00 e. The van der Waals surface area contributed by atoms with Crippen LogP contribution in [0.4, 0.5) is 0 Å². The summed E-state index contributed by atoms with van der Waals surface area (Å²) in [5, 5.41) is 7.47. The van der Waals surface area contributed by atoms with Crippen molar-refractivity contribution in [2.24, 2.45) is 0 Å². The van der Waals surface area contributed by atoms with Gasteiger partial charge < -0.3 is 22.3 Å². The van der Waals surface area contributed by atoms with Crippen LogP contribution >= 0.6 is 35.0 Å². The second-order valence-corrected chi connectivity index (χ2v) is 8.86. The fourth-order valence-corrected chi connectivity index (χ4v) is 5.00. The lowest BCUT2D eigenvalue weighted by molar-refractivity contribution is -0.683. The van der Waals surface area contributed by atoms with Crippen LogP contribution in [0, 0.1) is 0 Å². The van der Waals surface area contributed by atoms with Crippen LogP contribution in [0.3, 0.4) is 0 Å². The summed E-state index contributed by atoms with van der Waals surface area (Å²) >= 11 is 13.7. The molecule has 1 saturated heterocycles. The molecular weight excluding hydrogens is 509 g/mol. The maximum absolute atomic E-state index is 12.7. The van der Waals surface area contributed by atoms with Crippen molar-refractivity contribution in [2.75, 3.05) is 0 Å². The minimum absolute atomic E-state index is 0. The van der Waals surface area contributed by atoms with Gasteiger partial charge in [-0.1, -0.05) is 47.5 Å². The molecule has 2 aromatic rings.